The third-order valence-electron chi connectivity index (χ3n) is 4.13. The summed E-state index contributed by atoms with van der Waals surface area (Å²) in [6.07, 6.45) is 17.9. The fraction of sp³-hybridized carbons (Fsp3) is 1.00. The Balaban J connectivity index is 4.12. The zero-order valence-electron chi connectivity index (χ0n) is 12.9. The molecule has 0 radical (unpaired) electrons. The van der Waals surface area contributed by atoms with Gasteiger partial charge in [0.15, 0.2) is 0 Å². The molecule has 0 unspecified atom stereocenters. The molecule has 0 fully saturated rings. The highest BCUT2D eigenvalue weighted by molar-refractivity contribution is 7.75. The van der Waals surface area contributed by atoms with Crippen molar-refractivity contribution in [3.63, 3.8) is 0 Å². The molecule has 0 nitrogen and oxygen atoms in total. The summed E-state index contributed by atoms with van der Waals surface area (Å²) in [5.74, 6) is 0. The van der Waals surface area contributed by atoms with Gasteiger partial charge in [0.1, 0.15) is 0 Å². The number of hydrogen-bond donors (Lipinski definition) is 0. The smallest absolute Gasteiger partial charge is 0.0594 e. The molecule has 0 saturated heterocycles. The van der Waals surface area contributed by atoms with E-state index in [4.69, 9.17) is 0 Å². The number of unbranched alkanes of at least 4 members (excludes halogenated alkanes) is 5. The van der Waals surface area contributed by atoms with E-state index in [1.54, 1.807) is 18.5 Å². The monoisotopic (exact) mass is 259 g/mol. The maximum absolute atomic E-state index is 2.47. The van der Waals surface area contributed by atoms with Gasteiger partial charge in [-0.05, 0) is 32.6 Å². The van der Waals surface area contributed by atoms with Crippen LogP contribution < -0.4 is 0 Å². The van der Waals surface area contributed by atoms with E-state index >= 15 is 0 Å². The maximum Gasteiger partial charge on any atom is 0.0594 e. The first kappa shape index (κ1) is 17.4. The molecule has 0 bridgehead atoms. The highest BCUT2D eigenvalue weighted by Crippen LogP contribution is 2.60. The molecule has 104 valence electrons. The van der Waals surface area contributed by atoms with Gasteiger partial charge in [0.25, 0.3) is 0 Å². The van der Waals surface area contributed by atoms with Crippen molar-refractivity contribution < 1.29 is 0 Å². The molecule has 0 atom stereocenters. The molecule has 0 rings (SSSR count). The van der Waals surface area contributed by atoms with E-state index in [1.165, 1.54) is 57.5 Å². The van der Waals surface area contributed by atoms with Gasteiger partial charge >= 0.3 is 0 Å². The van der Waals surface area contributed by atoms with Crippen LogP contribution in [0.1, 0.15) is 79.1 Å². The van der Waals surface area contributed by atoms with Crippen molar-refractivity contribution in [2.75, 3.05) is 24.6 Å². The van der Waals surface area contributed by atoms with Gasteiger partial charge in [-0.3, -0.25) is 0 Å². The summed E-state index contributed by atoms with van der Waals surface area (Å²) in [7, 11) is -0.550. The van der Waals surface area contributed by atoms with E-state index in [0.29, 0.717) is 0 Å². The second-order valence-electron chi connectivity index (χ2n) is 5.60. The van der Waals surface area contributed by atoms with Crippen LogP contribution in [0.2, 0.25) is 0 Å². The Kier molecular flexibility index (Phi) is 11.8. The zero-order chi connectivity index (χ0) is 13.0. The molecule has 0 aliphatic rings. The Morgan fingerprint density at radius 3 is 1.41 bits per heavy atom. The summed E-state index contributed by atoms with van der Waals surface area (Å²) in [5, 5.41) is 0. The van der Waals surface area contributed by atoms with Crippen LogP contribution in [0.4, 0.5) is 0 Å². The van der Waals surface area contributed by atoms with E-state index in [9.17, 15) is 0 Å². The first-order valence-electron chi connectivity index (χ1n) is 8.09. The lowest BCUT2D eigenvalue weighted by Gasteiger charge is -2.26. The van der Waals surface area contributed by atoms with Gasteiger partial charge in [-0.2, -0.15) is 0 Å². The molecule has 0 heterocycles. The van der Waals surface area contributed by atoms with Crippen LogP contribution in [0.3, 0.4) is 0 Å². The fourth-order valence-corrected chi connectivity index (χ4v) is 7.16. The van der Waals surface area contributed by atoms with Gasteiger partial charge in [-0.1, -0.05) is 46.5 Å². The molecule has 0 aromatic carbocycles. The van der Waals surface area contributed by atoms with Crippen LogP contribution in [-0.2, 0) is 0 Å². The molecule has 0 aliphatic heterocycles. The molecule has 1 heteroatoms. The molecular formula is C16H36P+. The standard InChI is InChI=1S/C16H36P/c1-5-9-12-13-16-17(8-4,14-10-6-2)15-11-7-3/h5-16H2,1-4H3/q+1. The van der Waals surface area contributed by atoms with Crippen molar-refractivity contribution >= 4 is 7.26 Å². The lowest BCUT2D eigenvalue weighted by atomic mass is 10.2. The van der Waals surface area contributed by atoms with Gasteiger partial charge in [-0.25, -0.2) is 0 Å². The summed E-state index contributed by atoms with van der Waals surface area (Å²) >= 11 is 0. The van der Waals surface area contributed by atoms with Crippen LogP contribution >= 0.6 is 7.26 Å². The third-order valence-corrected chi connectivity index (χ3v) is 9.27. The van der Waals surface area contributed by atoms with E-state index in [0.717, 1.165) is 0 Å². The van der Waals surface area contributed by atoms with Crippen LogP contribution in [0.15, 0.2) is 0 Å². The molecular weight excluding hydrogens is 223 g/mol. The van der Waals surface area contributed by atoms with E-state index < -0.39 is 7.26 Å². The summed E-state index contributed by atoms with van der Waals surface area (Å²) in [5.41, 5.74) is 0. The summed E-state index contributed by atoms with van der Waals surface area (Å²) in [6, 6.07) is 0. The molecule has 0 amide bonds. The first-order chi connectivity index (χ1) is 8.24. The topological polar surface area (TPSA) is 0 Å². The Hall–Kier alpha value is 0.430. The molecule has 0 saturated carbocycles. The predicted octanol–water partition coefficient (Wildman–Crippen LogP) is 6.20. The Morgan fingerprint density at radius 2 is 1.00 bits per heavy atom. The van der Waals surface area contributed by atoms with Crippen molar-refractivity contribution in [2.45, 2.75) is 79.1 Å². The zero-order valence-corrected chi connectivity index (χ0v) is 13.8. The lowest BCUT2D eigenvalue weighted by Crippen LogP contribution is -2.11. The predicted molar refractivity (Wildman–Crippen MR) is 86.0 cm³/mol. The molecule has 0 N–H and O–H groups in total. The molecule has 17 heavy (non-hydrogen) atoms. The van der Waals surface area contributed by atoms with Crippen LogP contribution in [0.5, 0.6) is 0 Å². The van der Waals surface area contributed by atoms with E-state index in [2.05, 4.69) is 27.7 Å². The van der Waals surface area contributed by atoms with Crippen LogP contribution in [-0.4, -0.2) is 24.6 Å². The third kappa shape index (κ3) is 8.20. The normalized spacial score (nSPS) is 12.0. The molecule has 0 spiro atoms. The lowest BCUT2D eigenvalue weighted by molar-refractivity contribution is 0.701. The molecule has 0 aliphatic carbocycles. The van der Waals surface area contributed by atoms with Gasteiger partial charge in [0.05, 0.1) is 24.6 Å². The van der Waals surface area contributed by atoms with Gasteiger partial charge in [-0.15, -0.1) is 0 Å². The second-order valence-corrected chi connectivity index (χ2v) is 10.3. The molecule has 0 aromatic heterocycles. The summed E-state index contributed by atoms with van der Waals surface area (Å²) < 4.78 is 0. The number of hydrogen-bond acceptors (Lipinski definition) is 0. The van der Waals surface area contributed by atoms with Crippen molar-refractivity contribution in [3.05, 3.63) is 0 Å². The number of rotatable bonds is 12. The second kappa shape index (κ2) is 11.5. The molecule has 0 aromatic rings. The SMILES string of the molecule is CCCCCC[P+](CC)(CCCC)CCCC. The Labute approximate surface area is 111 Å². The Bertz CT molecular complexity index is 146. The fourth-order valence-electron chi connectivity index (χ4n) is 2.67. The highest BCUT2D eigenvalue weighted by Gasteiger charge is 2.32. The minimum atomic E-state index is -0.550. The first-order valence-corrected chi connectivity index (χ1v) is 10.6. The van der Waals surface area contributed by atoms with Gasteiger partial charge < -0.3 is 0 Å². The van der Waals surface area contributed by atoms with Gasteiger partial charge in [0.2, 0.25) is 0 Å². The van der Waals surface area contributed by atoms with Crippen LogP contribution in [0.25, 0.3) is 0 Å². The van der Waals surface area contributed by atoms with Gasteiger partial charge in [0, 0.05) is 7.26 Å². The van der Waals surface area contributed by atoms with E-state index in [-0.39, 0.29) is 0 Å². The minimum absolute atomic E-state index is 0.550. The largest absolute Gasteiger partial charge is 0.0654 e. The summed E-state index contributed by atoms with van der Waals surface area (Å²) in [4.78, 5) is 0. The van der Waals surface area contributed by atoms with Crippen molar-refractivity contribution in [2.24, 2.45) is 0 Å². The van der Waals surface area contributed by atoms with Crippen molar-refractivity contribution in [1.82, 2.24) is 0 Å². The van der Waals surface area contributed by atoms with Crippen molar-refractivity contribution in [3.8, 4) is 0 Å². The summed E-state index contributed by atoms with van der Waals surface area (Å²) in [6.45, 7) is 9.48. The quantitative estimate of drug-likeness (QED) is 0.289. The maximum atomic E-state index is 2.47. The van der Waals surface area contributed by atoms with Crippen LogP contribution in [0, 0.1) is 0 Å². The highest BCUT2D eigenvalue weighted by atomic mass is 31.2. The average Bonchev–Trinajstić information content (AvgIpc) is 2.37. The Morgan fingerprint density at radius 1 is 0.529 bits per heavy atom. The minimum Gasteiger partial charge on any atom is -0.0654 e. The average molecular weight is 259 g/mol. The van der Waals surface area contributed by atoms with E-state index in [1.807, 2.05) is 0 Å². The van der Waals surface area contributed by atoms with Crippen molar-refractivity contribution in [1.29, 1.82) is 0 Å².